The maximum atomic E-state index is 13.0. The van der Waals surface area contributed by atoms with E-state index in [4.69, 9.17) is 15.2 Å². The first-order valence-electron chi connectivity index (χ1n) is 9.40. The number of nitrogens with zero attached hydrogens (tertiary/aromatic N) is 1. The predicted molar refractivity (Wildman–Crippen MR) is 117 cm³/mol. The third-order valence-electron chi connectivity index (χ3n) is 4.67. The van der Waals surface area contributed by atoms with Crippen molar-refractivity contribution < 1.29 is 23.8 Å². The summed E-state index contributed by atoms with van der Waals surface area (Å²) < 4.78 is 25.4. The minimum atomic E-state index is -1.05. The molecule has 3 N–H and O–H groups in total. The van der Waals surface area contributed by atoms with Crippen LogP contribution in [0.5, 0.6) is 11.5 Å². The van der Waals surface area contributed by atoms with Gasteiger partial charge in [-0.05, 0) is 47.7 Å². The average molecular weight is 438 g/mol. The van der Waals surface area contributed by atoms with E-state index in [2.05, 4.69) is 4.98 Å². The lowest BCUT2D eigenvalue weighted by atomic mass is 10.1. The third-order valence-corrected chi connectivity index (χ3v) is 5.73. The van der Waals surface area contributed by atoms with Crippen molar-refractivity contribution in [1.82, 2.24) is 4.98 Å². The molecule has 31 heavy (non-hydrogen) atoms. The minimum Gasteiger partial charge on any atom is -0.489 e. The van der Waals surface area contributed by atoms with Crippen LogP contribution in [0.2, 0.25) is 0 Å². The number of aromatic carboxylic acids is 1. The van der Waals surface area contributed by atoms with Gasteiger partial charge in [-0.15, -0.1) is 11.3 Å². The van der Waals surface area contributed by atoms with Crippen molar-refractivity contribution in [2.45, 2.75) is 20.1 Å². The minimum absolute atomic E-state index is 0.118. The first kappa shape index (κ1) is 20.6. The second-order valence-corrected chi connectivity index (χ2v) is 7.89. The van der Waals surface area contributed by atoms with Crippen molar-refractivity contribution in [2.75, 3.05) is 5.73 Å². The number of aryl methyl sites for hydroxylation is 1. The smallest absolute Gasteiger partial charge is 0.338 e. The van der Waals surface area contributed by atoms with Gasteiger partial charge in [-0.25, -0.2) is 14.2 Å². The van der Waals surface area contributed by atoms with Crippen molar-refractivity contribution in [2.24, 2.45) is 0 Å². The quantitative estimate of drug-likeness (QED) is 0.413. The summed E-state index contributed by atoms with van der Waals surface area (Å²) in [6, 6.07) is 11.7. The SMILES string of the molecule is Cc1cc(OCc2ccc(F)cc2)cc(OCc2csc3c(C(=O)O)cnc(N)c23)c1. The van der Waals surface area contributed by atoms with Gasteiger partial charge in [0.05, 0.1) is 10.3 Å². The number of hydrogen-bond donors (Lipinski definition) is 2. The normalized spacial score (nSPS) is 10.9. The van der Waals surface area contributed by atoms with Crippen molar-refractivity contribution in [3.05, 3.63) is 82.1 Å². The number of anilines is 1. The number of carboxylic acid groups (broad SMARTS) is 1. The van der Waals surface area contributed by atoms with Crippen LogP contribution in [0.3, 0.4) is 0 Å². The number of aromatic nitrogens is 1. The number of nitrogens with two attached hydrogens (primary N) is 1. The number of nitrogen functional groups attached to an aromatic ring is 1. The Morgan fingerprint density at radius 3 is 2.48 bits per heavy atom. The summed E-state index contributed by atoms with van der Waals surface area (Å²) in [6.45, 7) is 2.44. The average Bonchev–Trinajstić information content (AvgIpc) is 3.16. The zero-order valence-electron chi connectivity index (χ0n) is 16.6. The molecule has 0 unspecified atom stereocenters. The van der Waals surface area contributed by atoms with E-state index in [-0.39, 0.29) is 23.8 Å². The molecule has 0 aliphatic heterocycles. The number of hydrogen-bond acceptors (Lipinski definition) is 6. The highest BCUT2D eigenvalue weighted by Gasteiger charge is 2.17. The number of fused-ring (bicyclic) bond motifs is 1. The van der Waals surface area contributed by atoms with Crippen LogP contribution in [-0.4, -0.2) is 16.1 Å². The molecule has 2 aromatic carbocycles. The Hall–Kier alpha value is -3.65. The molecule has 0 fully saturated rings. The van der Waals surface area contributed by atoms with Crippen LogP contribution in [0.15, 0.2) is 54.0 Å². The topological polar surface area (TPSA) is 94.7 Å². The van der Waals surface area contributed by atoms with Gasteiger partial charge >= 0.3 is 5.97 Å². The van der Waals surface area contributed by atoms with Crippen molar-refractivity contribution in [3.63, 3.8) is 0 Å². The van der Waals surface area contributed by atoms with E-state index in [0.717, 1.165) is 16.7 Å². The summed E-state index contributed by atoms with van der Waals surface area (Å²) in [5.41, 5.74) is 8.69. The Labute approximate surface area is 181 Å². The summed E-state index contributed by atoms with van der Waals surface area (Å²) >= 11 is 1.30. The summed E-state index contributed by atoms with van der Waals surface area (Å²) in [4.78, 5) is 15.4. The number of pyridine rings is 1. The second kappa shape index (κ2) is 8.61. The summed E-state index contributed by atoms with van der Waals surface area (Å²) in [5.74, 6) is 0.168. The molecule has 2 aromatic heterocycles. The molecule has 158 valence electrons. The Morgan fingerprint density at radius 1 is 1.13 bits per heavy atom. The fourth-order valence-corrected chi connectivity index (χ4v) is 4.24. The van der Waals surface area contributed by atoms with Gasteiger partial charge in [-0.3, -0.25) is 0 Å². The number of carbonyl (C=O) groups is 1. The van der Waals surface area contributed by atoms with Gasteiger partial charge in [-0.2, -0.15) is 0 Å². The Balaban J connectivity index is 1.50. The zero-order valence-corrected chi connectivity index (χ0v) is 17.4. The monoisotopic (exact) mass is 438 g/mol. The first-order chi connectivity index (χ1) is 14.9. The van der Waals surface area contributed by atoms with Crippen LogP contribution in [0.1, 0.15) is 27.0 Å². The van der Waals surface area contributed by atoms with Crippen LogP contribution in [-0.2, 0) is 13.2 Å². The number of halogens is 1. The molecular formula is C23H19FN2O4S. The molecule has 0 atom stereocenters. The molecular weight excluding hydrogens is 419 g/mol. The third kappa shape index (κ3) is 4.59. The van der Waals surface area contributed by atoms with Gasteiger partial charge in [-0.1, -0.05) is 12.1 Å². The van der Waals surface area contributed by atoms with Crippen LogP contribution in [0.25, 0.3) is 10.1 Å². The maximum absolute atomic E-state index is 13.0. The maximum Gasteiger partial charge on any atom is 0.338 e. The fraction of sp³-hybridized carbons (Fsp3) is 0.130. The molecule has 4 aromatic rings. The largest absolute Gasteiger partial charge is 0.489 e. The van der Waals surface area contributed by atoms with E-state index in [1.807, 2.05) is 24.4 Å². The molecule has 0 spiro atoms. The molecule has 8 heteroatoms. The standard InChI is InChI=1S/C23H19FN2O4S/c1-13-6-17(29-10-14-2-4-16(24)5-3-14)8-18(7-13)30-11-15-12-31-21-19(23(27)28)9-26-22(25)20(15)21/h2-9,12H,10-11H2,1H3,(H2,25,26)(H,27,28). The molecule has 0 saturated carbocycles. The van der Waals surface area contributed by atoms with Gasteiger partial charge in [0.2, 0.25) is 0 Å². The predicted octanol–water partition coefficient (Wildman–Crippen LogP) is 5.18. The molecule has 0 amide bonds. The Morgan fingerprint density at radius 2 is 1.81 bits per heavy atom. The van der Waals surface area contributed by atoms with Crippen molar-refractivity contribution in [3.8, 4) is 11.5 Å². The Kier molecular flexibility index (Phi) is 5.73. The molecule has 6 nitrogen and oxygen atoms in total. The molecule has 0 bridgehead atoms. The summed E-state index contributed by atoms with van der Waals surface area (Å²) in [7, 11) is 0. The van der Waals surface area contributed by atoms with Gasteiger partial charge in [0.25, 0.3) is 0 Å². The highest BCUT2D eigenvalue weighted by atomic mass is 32.1. The van der Waals surface area contributed by atoms with Crippen LogP contribution < -0.4 is 15.2 Å². The number of thiophene rings is 1. The number of carboxylic acids is 1. The van der Waals surface area contributed by atoms with E-state index in [1.165, 1.54) is 29.7 Å². The number of ether oxygens (including phenoxy) is 2. The van der Waals surface area contributed by atoms with Crippen LogP contribution >= 0.6 is 11.3 Å². The lowest BCUT2D eigenvalue weighted by Crippen LogP contribution is -2.02. The Bertz CT molecular complexity index is 1250. The van der Waals surface area contributed by atoms with Gasteiger partial charge < -0.3 is 20.3 Å². The van der Waals surface area contributed by atoms with E-state index in [0.29, 0.717) is 28.2 Å². The van der Waals surface area contributed by atoms with E-state index < -0.39 is 5.97 Å². The molecule has 2 heterocycles. The van der Waals surface area contributed by atoms with Gasteiger partial charge in [0.15, 0.2) is 0 Å². The van der Waals surface area contributed by atoms with Crippen molar-refractivity contribution >= 4 is 33.2 Å². The number of benzene rings is 2. The van der Waals surface area contributed by atoms with Crippen LogP contribution in [0, 0.1) is 12.7 Å². The highest BCUT2D eigenvalue weighted by molar-refractivity contribution is 7.17. The zero-order chi connectivity index (χ0) is 22.0. The molecule has 0 aliphatic carbocycles. The lowest BCUT2D eigenvalue weighted by molar-refractivity contribution is 0.0699. The molecule has 0 aliphatic rings. The van der Waals surface area contributed by atoms with Crippen molar-refractivity contribution in [1.29, 1.82) is 0 Å². The van der Waals surface area contributed by atoms with Gasteiger partial charge in [0, 0.05) is 23.2 Å². The summed E-state index contributed by atoms with van der Waals surface area (Å²) in [6.07, 6.45) is 1.27. The van der Waals surface area contributed by atoms with Gasteiger partial charge in [0.1, 0.15) is 36.3 Å². The van der Waals surface area contributed by atoms with E-state index >= 15 is 0 Å². The highest BCUT2D eigenvalue weighted by Crippen LogP contribution is 2.33. The molecule has 0 radical (unpaired) electrons. The lowest BCUT2D eigenvalue weighted by Gasteiger charge is -2.11. The summed E-state index contributed by atoms with van der Waals surface area (Å²) in [5, 5.41) is 11.8. The molecule has 0 saturated heterocycles. The van der Waals surface area contributed by atoms with E-state index in [9.17, 15) is 14.3 Å². The van der Waals surface area contributed by atoms with E-state index in [1.54, 1.807) is 18.2 Å². The first-order valence-corrected chi connectivity index (χ1v) is 10.3. The number of rotatable bonds is 7. The fourth-order valence-electron chi connectivity index (χ4n) is 3.18. The van der Waals surface area contributed by atoms with Crippen LogP contribution in [0.4, 0.5) is 10.2 Å². The second-order valence-electron chi connectivity index (χ2n) is 7.01. The molecule has 4 rings (SSSR count).